The van der Waals surface area contributed by atoms with E-state index in [0.29, 0.717) is 0 Å². The zero-order valence-corrected chi connectivity index (χ0v) is 10.2. The topological polar surface area (TPSA) is 0 Å². The first-order valence-electron chi connectivity index (χ1n) is 3.39. The van der Waals surface area contributed by atoms with Crippen LogP contribution in [0, 0.1) is 0 Å². The molecule has 0 fully saturated rings. The minimum atomic E-state index is -0.834. The van der Waals surface area contributed by atoms with Crippen LogP contribution < -0.4 is 0 Å². The second-order valence-electron chi connectivity index (χ2n) is 3.41. The van der Waals surface area contributed by atoms with Gasteiger partial charge in [-0.1, -0.05) is 17.7 Å². The summed E-state index contributed by atoms with van der Waals surface area (Å²) in [6, 6.07) is 0. The van der Waals surface area contributed by atoms with E-state index in [2.05, 4.69) is 26.1 Å². The van der Waals surface area contributed by atoms with Crippen LogP contribution >= 0.6 is 18.9 Å². The van der Waals surface area contributed by atoms with Crippen molar-refractivity contribution in [2.75, 3.05) is 20.0 Å². The molecule has 0 bridgehead atoms. The molecule has 3 heteroatoms. The maximum absolute atomic E-state index is 5.98. The SMILES string of the molecule is C[P+](C)(C)C1=C(Cl)C=CC1.[V]. The predicted octanol–water partition coefficient (Wildman–Crippen LogP) is 3.30. The van der Waals surface area contributed by atoms with Crippen molar-refractivity contribution in [1.82, 2.24) is 0 Å². The molecule has 0 aliphatic heterocycles. The van der Waals surface area contributed by atoms with E-state index in [1.165, 1.54) is 5.31 Å². The van der Waals surface area contributed by atoms with E-state index in [0.717, 1.165) is 11.5 Å². The largest absolute Gasteiger partial charge is 0.0928 e. The fraction of sp³-hybridized carbons (Fsp3) is 0.500. The Hall–Kier alpha value is 0.784. The molecule has 0 unspecified atom stereocenters. The van der Waals surface area contributed by atoms with Crippen molar-refractivity contribution in [3.05, 3.63) is 22.5 Å². The van der Waals surface area contributed by atoms with Crippen LogP contribution in [-0.4, -0.2) is 20.0 Å². The van der Waals surface area contributed by atoms with Gasteiger partial charge in [0.2, 0.25) is 0 Å². The van der Waals surface area contributed by atoms with Crippen molar-refractivity contribution in [2.45, 2.75) is 6.42 Å². The number of allylic oxidation sites excluding steroid dienone is 4. The molecule has 0 heterocycles. The standard InChI is InChI=1S/C8H13ClP.V/c1-10(2,3)8-6-4-5-7(8)9;/h4-5H,6H2,1-3H3;/q+1;. The second kappa shape index (κ2) is 4.14. The Bertz CT molecular complexity index is 201. The Labute approximate surface area is 86.3 Å². The van der Waals surface area contributed by atoms with Gasteiger partial charge in [0.1, 0.15) is 0 Å². The van der Waals surface area contributed by atoms with Gasteiger partial charge in [0.25, 0.3) is 0 Å². The van der Waals surface area contributed by atoms with Gasteiger partial charge >= 0.3 is 0 Å². The molecule has 0 saturated carbocycles. The van der Waals surface area contributed by atoms with Gasteiger partial charge in [0.15, 0.2) is 0 Å². The maximum atomic E-state index is 5.98. The first kappa shape index (κ1) is 11.8. The average Bonchev–Trinajstić information content (AvgIpc) is 2.11. The quantitative estimate of drug-likeness (QED) is 0.602. The first-order valence-corrected chi connectivity index (χ1v) is 6.90. The van der Waals surface area contributed by atoms with Crippen LogP contribution in [0.25, 0.3) is 0 Å². The Morgan fingerprint density at radius 2 is 1.91 bits per heavy atom. The summed E-state index contributed by atoms with van der Waals surface area (Å²) in [6.07, 6.45) is 5.24. The van der Waals surface area contributed by atoms with Crippen LogP contribution in [0.2, 0.25) is 0 Å². The molecule has 0 amide bonds. The molecule has 1 radical (unpaired) electrons. The Morgan fingerprint density at radius 1 is 1.36 bits per heavy atom. The zero-order chi connectivity index (χ0) is 7.78. The Kier molecular flexibility index (Phi) is 4.44. The number of halogens is 1. The number of rotatable bonds is 1. The number of hydrogen-bond acceptors (Lipinski definition) is 0. The van der Waals surface area contributed by atoms with Gasteiger partial charge < -0.3 is 0 Å². The van der Waals surface area contributed by atoms with E-state index in [9.17, 15) is 0 Å². The molecular weight excluding hydrogens is 213 g/mol. The van der Waals surface area contributed by atoms with Crippen LogP contribution in [0.3, 0.4) is 0 Å². The van der Waals surface area contributed by atoms with E-state index < -0.39 is 7.26 Å². The van der Waals surface area contributed by atoms with Crippen molar-refractivity contribution < 1.29 is 18.6 Å². The molecule has 1 rings (SSSR count). The van der Waals surface area contributed by atoms with Gasteiger partial charge in [-0.2, -0.15) is 0 Å². The van der Waals surface area contributed by atoms with E-state index in [4.69, 9.17) is 11.6 Å². The summed E-state index contributed by atoms with van der Waals surface area (Å²) in [5, 5.41) is 2.45. The molecule has 0 N–H and O–H groups in total. The van der Waals surface area contributed by atoms with Gasteiger partial charge in [-0.15, -0.1) is 0 Å². The Morgan fingerprint density at radius 3 is 2.09 bits per heavy atom. The third-order valence-electron chi connectivity index (χ3n) is 1.66. The summed E-state index contributed by atoms with van der Waals surface area (Å²) in [5.74, 6) is 0. The third-order valence-corrected chi connectivity index (χ3v) is 4.19. The van der Waals surface area contributed by atoms with Gasteiger partial charge in [0, 0.05) is 32.2 Å². The van der Waals surface area contributed by atoms with Crippen molar-refractivity contribution in [2.24, 2.45) is 0 Å². The van der Waals surface area contributed by atoms with Crippen LogP contribution in [0.4, 0.5) is 0 Å². The molecule has 0 saturated heterocycles. The molecule has 61 valence electrons. The van der Waals surface area contributed by atoms with Crippen LogP contribution in [0.1, 0.15) is 6.42 Å². The van der Waals surface area contributed by atoms with Crippen LogP contribution in [0.5, 0.6) is 0 Å². The molecule has 1 aliphatic rings. The molecule has 0 spiro atoms. The predicted molar refractivity (Wildman–Crippen MR) is 51.3 cm³/mol. The minimum absolute atomic E-state index is 0. The fourth-order valence-electron chi connectivity index (χ4n) is 1.06. The van der Waals surface area contributed by atoms with Crippen molar-refractivity contribution in [3.63, 3.8) is 0 Å². The van der Waals surface area contributed by atoms with Crippen molar-refractivity contribution in [3.8, 4) is 0 Å². The molecule has 0 aromatic rings. The minimum Gasteiger partial charge on any atom is -0.0804 e. The van der Waals surface area contributed by atoms with Gasteiger partial charge in [-0.05, 0) is 6.08 Å². The molecule has 0 aromatic heterocycles. The summed E-state index contributed by atoms with van der Waals surface area (Å²) < 4.78 is 0. The Balaban J connectivity index is 0.000001000. The summed E-state index contributed by atoms with van der Waals surface area (Å²) in [5.41, 5.74) is 0. The van der Waals surface area contributed by atoms with E-state index in [1.807, 2.05) is 6.08 Å². The number of hydrogen-bond donors (Lipinski definition) is 0. The van der Waals surface area contributed by atoms with E-state index in [-0.39, 0.29) is 18.6 Å². The zero-order valence-electron chi connectivity index (χ0n) is 7.13. The molecule has 1 aliphatic carbocycles. The van der Waals surface area contributed by atoms with E-state index >= 15 is 0 Å². The molecule has 0 nitrogen and oxygen atoms in total. The fourth-order valence-corrected chi connectivity index (χ4v) is 3.36. The smallest absolute Gasteiger partial charge is 0.0804 e. The molecular formula is C8H13ClPV+. The summed E-state index contributed by atoms with van der Waals surface area (Å²) in [4.78, 5) is 0. The monoisotopic (exact) mass is 226 g/mol. The van der Waals surface area contributed by atoms with Crippen molar-refractivity contribution >= 4 is 18.9 Å². The van der Waals surface area contributed by atoms with Crippen LogP contribution in [-0.2, 0) is 18.6 Å². The normalized spacial score (nSPS) is 17.1. The summed E-state index contributed by atoms with van der Waals surface area (Å²) in [6.45, 7) is 6.91. The second-order valence-corrected chi connectivity index (χ2v) is 8.39. The third kappa shape index (κ3) is 2.95. The summed E-state index contributed by atoms with van der Waals surface area (Å²) in [7, 11) is -0.834. The average molecular weight is 227 g/mol. The van der Waals surface area contributed by atoms with Gasteiger partial charge in [-0.25, -0.2) is 0 Å². The van der Waals surface area contributed by atoms with E-state index in [1.54, 1.807) is 0 Å². The molecule has 0 atom stereocenters. The molecule has 11 heavy (non-hydrogen) atoms. The van der Waals surface area contributed by atoms with Gasteiger partial charge in [-0.3, -0.25) is 0 Å². The van der Waals surface area contributed by atoms with Crippen LogP contribution in [0.15, 0.2) is 22.5 Å². The maximum Gasteiger partial charge on any atom is 0.0928 e. The van der Waals surface area contributed by atoms with Gasteiger partial charge in [0.05, 0.1) is 30.3 Å². The molecule has 0 aromatic carbocycles. The van der Waals surface area contributed by atoms with Crippen molar-refractivity contribution in [1.29, 1.82) is 0 Å². The summed E-state index contributed by atoms with van der Waals surface area (Å²) >= 11 is 5.98. The first-order chi connectivity index (χ1) is 4.52.